The van der Waals surface area contributed by atoms with Gasteiger partial charge in [-0.25, -0.2) is 0 Å². The second-order valence-electron chi connectivity index (χ2n) is 8.94. The molecule has 0 aromatic heterocycles. The third-order valence-electron chi connectivity index (χ3n) is 5.25. The van der Waals surface area contributed by atoms with E-state index in [9.17, 15) is 20.1 Å². The first-order valence-corrected chi connectivity index (χ1v) is 11.9. The van der Waals surface area contributed by atoms with Crippen molar-refractivity contribution in [3.63, 3.8) is 0 Å². The lowest BCUT2D eigenvalue weighted by atomic mass is 9.87. The van der Waals surface area contributed by atoms with Gasteiger partial charge in [-0.05, 0) is 38.9 Å². The summed E-state index contributed by atoms with van der Waals surface area (Å²) < 4.78 is 6.37. The van der Waals surface area contributed by atoms with E-state index in [1.165, 1.54) is 0 Å². The first-order valence-electron chi connectivity index (χ1n) is 9.02. The molecular weight excluding hydrogens is 336 g/mol. The molecule has 0 amide bonds. The van der Waals surface area contributed by atoms with Gasteiger partial charge in [0, 0.05) is 12.3 Å². The molecule has 6 heteroatoms. The smallest absolute Gasteiger partial charge is 0.308 e. The molecular formula is C19H38O5Si. The van der Waals surface area contributed by atoms with Crippen molar-refractivity contribution in [2.24, 2.45) is 11.8 Å². The fraction of sp³-hybridized carbons (Fsp3) is 0.842. The van der Waals surface area contributed by atoms with Crippen LogP contribution in [0.1, 0.15) is 54.9 Å². The Labute approximate surface area is 154 Å². The minimum absolute atomic E-state index is 0.0598. The summed E-state index contributed by atoms with van der Waals surface area (Å²) in [6.07, 6.45) is -0.346. The minimum atomic E-state index is -2.20. The molecule has 0 heterocycles. The Kier molecular flexibility index (Phi) is 9.05. The number of carboxylic acid groups (broad SMARTS) is 1. The second kappa shape index (κ2) is 9.30. The summed E-state index contributed by atoms with van der Waals surface area (Å²) >= 11 is 0. The maximum atomic E-state index is 11.6. The molecule has 0 radical (unpaired) electrons. The van der Waals surface area contributed by atoms with Crippen LogP contribution in [0.2, 0.25) is 18.1 Å². The molecule has 148 valence electrons. The van der Waals surface area contributed by atoms with Crippen LogP contribution in [-0.4, -0.2) is 47.9 Å². The summed E-state index contributed by atoms with van der Waals surface area (Å²) in [6, 6.07) is 0. The zero-order chi connectivity index (χ0) is 20.2. The maximum absolute atomic E-state index is 11.6. The van der Waals surface area contributed by atoms with E-state index in [-0.39, 0.29) is 11.5 Å². The highest BCUT2D eigenvalue weighted by Crippen LogP contribution is 2.39. The van der Waals surface area contributed by atoms with Gasteiger partial charge in [-0.1, -0.05) is 39.3 Å². The molecule has 0 saturated heterocycles. The van der Waals surface area contributed by atoms with E-state index in [0.29, 0.717) is 0 Å². The zero-order valence-electron chi connectivity index (χ0n) is 17.3. The van der Waals surface area contributed by atoms with Crippen LogP contribution in [0.4, 0.5) is 0 Å². The summed E-state index contributed by atoms with van der Waals surface area (Å²) in [7, 11) is -2.20. The molecule has 0 aliphatic heterocycles. The molecule has 3 N–H and O–H groups in total. The Morgan fingerprint density at radius 3 is 2.00 bits per heavy atom. The summed E-state index contributed by atoms with van der Waals surface area (Å²) in [5.41, 5.74) is 0.973. The second-order valence-corrected chi connectivity index (χ2v) is 13.7. The lowest BCUT2D eigenvalue weighted by molar-refractivity contribution is -0.146. The lowest BCUT2D eigenvalue weighted by Gasteiger charge is -2.43. The number of rotatable bonds is 9. The number of hydrogen-bond donors (Lipinski definition) is 3. The SMILES string of the molecule is CC(C)=C[C@@H](O)C[C@@H](O)[C@H](C)[C@H](O[Si](C)(C)C(C)(C)C)C(C)C(=O)O. The largest absolute Gasteiger partial charge is 0.481 e. The first-order chi connectivity index (χ1) is 11.1. The van der Waals surface area contributed by atoms with Crippen molar-refractivity contribution in [1.29, 1.82) is 0 Å². The first kappa shape index (κ1) is 24.3. The fourth-order valence-corrected chi connectivity index (χ4v) is 3.91. The fourth-order valence-electron chi connectivity index (χ4n) is 2.46. The average Bonchev–Trinajstić information content (AvgIpc) is 2.40. The van der Waals surface area contributed by atoms with Gasteiger partial charge in [-0.15, -0.1) is 0 Å². The number of aliphatic carboxylic acids is 1. The van der Waals surface area contributed by atoms with Gasteiger partial charge < -0.3 is 19.7 Å². The van der Waals surface area contributed by atoms with Gasteiger partial charge in [0.25, 0.3) is 0 Å². The van der Waals surface area contributed by atoms with Crippen LogP contribution in [-0.2, 0) is 9.22 Å². The Balaban J connectivity index is 5.41. The molecule has 25 heavy (non-hydrogen) atoms. The van der Waals surface area contributed by atoms with Gasteiger partial charge in [0.05, 0.1) is 24.2 Å². The van der Waals surface area contributed by atoms with Gasteiger partial charge in [0.1, 0.15) is 0 Å². The molecule has 0 saturated carbocycles. The molecule has 0 fully saturated rings. The molecule has 0 aromatic carbocycles. The van der Waals surface area contributed by atoms with Crippen molar-refractivity contribution in [2.45, 2.75) is 91.3 Å². The molecule has 0 aliphatic carbocycles. The van der Waals surface area contributed by atoms with E-state index in [1.807, 2.05) is 13.8 Å². The summed E-state index contributed by atoms with van der Waals surface area (Å²) in [5.74, 6) is -2.08. The Morgan fingerprint density at radius 2 is 1.64 bits per heavy atom. The molecule has 1 unspecified atom stereocenters. The molecule has 5 nitrogen and oxygen atoms in total. The number of aliphatic hydroxyl groups is 2. The van der Waals surface area contributed by atoms with Crippen LogP contribution >= 0.6 is 0 Å². The van der Waals surface area contributed by atoms with Gasteiger partial charge in [-0.2, -0.15) is 0 Å². The van der Waals surface area contributed by atoms with E-state index in [0.717, 1.165) is 5.57 Å². The maximum Gasteiger partial charge on any atom is 0.308 e. The number of allylic oxidation sites excluding steroid dienone is 1. The highest BCUT2D eigenvalue weighted by atomic mass is 28.4. The molecule has 0 aliphatic rings. The topological polar surface area (TPSA) is 87.0 Å². The monoisotopic (exact) mass is 374 g/mol. The van der Waals surface area contributed by atoms with Crippen molar-refractivity contribution in [3.05, 3.63) is 11.6 Å². The van der Waals surface area contributed by atoms with Crippen LogP contribution in [0.3, 0.4) is 0 Å². The highest BCUT2D eigenvalue weighted by molar-refractivity contribution is 6.74. The predicted molar refractivity (Wildman–Crippen MR) is 104 cm³/mol. The van der Waals surface area contributed by atoms with Crippen molar-refractivity contribution in [2.75, 3.05) is 0 Å². The van der Waals surface area contributed by atoms with Crippen molar-refractivity contribution in [3.8, 4) is 0 Å². The normalized spacial score (nSPS) is 18.8. The summed E-state index contributed by atoms with van der Waals surface area (Å²) in [5, 5.41) is 30.0. The number of carbonyl (C=O) groups is 1. The third-order valence-corrected chi connectivity index (χ3v) is 9.73. The van der Waals surface area contributed by atoms with Crippen molar-refractivity contribution in [1.82, 2.24) is 0 Å². The van der Waals surface area contributed by atoms with Crippen molar-refractivity contribution < 1.29 is 24.5 Å². The molecule has 0 bridgehead atoms. The van der Waals surface area contributed by atoms with Crippen LogP contribution in [0.25, 0.3) is 0 Å². The quantitative estimate of drug-likeness (QED) is 0.422. The van der Waals surface area contributed by atoms with Gasteiger partial charge in [0.15, 0.2) is 8.32 Å². The van der Waals surface area contributed by atoms with Gasteiger partial charge >= 0.3 is 5.97 Å². The van der Waals surface area contributed by atoms with Crippen molar-refractivity contribution >= 4 is 14.3 Å². The van der Waals surface area contributed by atoms with E-state index < -0.39 is 44.4 Å². The summed E-state index contributed by atoms with van der Waals surface area (Å²) in [4.78, 5) is 11.6. The van der Waals surface area contributed by atoms with Gasteiger partial charge in [0.2, 0.25) is 0 Å². The predicted octanol–water partition coefficient (Wildman–Crippen LogP) is 3.81. The number of aliphatic hydroxyl groups excluding tert-OH is 2. The van der Waals surface area contributed by atoms with Crippen LogP contribution < -0.4 is 0 Å². The van der Waals surface area contributed by atoms with Gasteiger partial charge in [-0.3, -0.25) is 4.79 Å². The average molecular weight is 375 g/mol. The lowest BCUT2D eigenvalue weighted by Crippen LogP contribution is -2.50. The minimum Gasteiger partial charge on any atom is -0.481 e. The number of hydrogen-bond acceptors (Lipinski definition) is 4. The van der Waals surface area contributed by atoms with E-state index >= 15 is 0 Å². The Hall–Kier alpha value is -0.693. The van der Waals surface area contributed by atoms with Crippen LogP contribution in [0, 0.1) is 11.8 Å². The van der Waals surface area contributed by atoms with Crippen LogP contribution in [0.15, 0.2) is 11.6 Å². The molecule has 0 spiro atoms. The van der Waals surface area contributed by atoms with E-state index in [4.69, 9.17) is 4.43 Å². The Morgan fingerprint density at radius 1 is 1.16 bits per heavy atom. The van der Waals surface area contributed by atoms with E-state index in [2.05, 4.69) is 33.9 Å². The van der Waals surface area contributed by atoms with E-state index in [1.54, 1.807) is 19.9 Å². The molecule has 0 rings (SSSR count). The summed E-state index contributed by atoms with van der Waals surface area (Å²) in [6.45, 7) is 17.6. The number of carboxylic acids is 1. The molecule has 5 atom stereocenters. The Bertz CT molecular complexity index is 463. The highest BCUT2D eigenvalue weighted by Gasteiger charge is 2.43. The standard InChI is InChI=1S/C19H38O5Si/c1-12(2)10-15(20)11-16(21)13(3)17(14(4)18(22)23)24-25(8,9)19(5,6)7/h10,13-17,20-21H,11H2,1-9H3,(H,22,23)/t13-,14?,15+,16+,17-/m0/s1. The van der Waals surface area contributed by atoms with Crippen LogP contribution in [0.5, 0.6) is 0 Å². The molecule has 0 aromatic rings. The zero-order valence-corrected chi connectivity index (χ0v) is 18.3. The third kappa shape index (κ3) is 7.60.